The van der Waals surface area contributed by atoms with E-state index in [1.54, 1.807) is 48.5 Å². The van der Waals surface area contributed by atoms with Crippen LogP contribution in [0.25, 0.3) is 0 Å². The van der Waals surface area contributed by atoms with Gasteiger partial charge in [0, 0.05) is 11.4 Å². The Morgan fingerprint density at radius 1 is 0.592 bits per heavy atom. The molecule has 4 aromatic rings. The van der Waals surface area contributed by atoms with E-state index < -0.39 is 9.84 Å². The zero-order valence-corrected chi connectivity index (χ0v) is 28.4. The molecular weight excluding hydrogens is 629 g/mol. The van der Waals surface area contributed by atoms with E-state index >= 15 is 0 Å². The molecule has 6 nitrogen and oxygen atoms in total. The summed E-state index contributed by atoms with van der Waals surface area (Å²) >= 11 is 0. The number of nitrogen functional groups attached to an aromatic ring is 2. The number of benzene rings is 4. The Balaban J connectivity index is 1.02. The van der Waals surface area contributed by atoms with E-state index in [2.05, 4.69) is 38.1 Å². The van der Waals surface area contributed by atoms with Gasteiger partial charge in [-0.3, -0.25) is 0 Å². The Morgan fingerprint density at radius 3 is 1.35 bits per heavy atom. The highest BCUT2D eigenvalue weighted by Gasteiger charge is 2.18. The molecule has 0 heterocycles. The fourth-order valence-electron chi connectivity index (χ4n) is 5.79. The highest BCUT2D eigenvalue weighted by Crippen LogP contribution is 2.30. The van der Waals surface area contributed by atoms with Crippen molar-refractivity contribution in [3.05, 3.63) is 179 Å². The second-order valence-electron chi connectivity index (χ2n) is 12.3. The van der Waals surface area contributed by atoms with Gasteiger partial charge in [0.1, 0.15) is 23.0 Å². The van der Waals surface area contributed by atoms with Crippen LogP contribution in [0.5, 0.6) is 11.5 Å². The second-order valence-corrected chi connectivity index (χ2v) is 14.3. The first kappa shape index (κ1) is 33.4. The highest BCUT2D eigenvalue weighted by molar-refractivity contribution is 7.91. The predicted octanol–water partition coefficient (Wildman–Crippen LogP) is 9.59. The van der Waals surface area contributed by atoms with E-state index in [4.69, 9.17) is 20.9 Å². The second kappa shape index (κ2) is 14.7. The Kier molecular flexibility index (Phi) is 10.0. The molecular formula is C42H40N2O4S. The molecule has 4 aromatic carbocycles. The molecule has 0 amide bonds. The van der Waals surface area contributed by atoms with Crippen molar-refractivity contribution >= 4 is 21.2 Å². The first-order valence-electron chi connectivity index (χ1n) is 16.3. The third-order valence-electron chi connectivity index (χ3n) is 8.54. The first-order chi connectivity index (χ1) is 23.6. The molecule has 0 radical (unpaired) electrons. The van der Waals surface area contributed by atoms with Crippen LogP contribution < -0.4 is 20.9 Å². The third kappa shape index (κ3) is 8.50. The van der Waals surface area contributed by atoms with Gasteiger partial charge in [-0.1, -0.05) is 62.4 Å². The van der Waals surface area contributed by atoms with Crippen molar-refractivity contribution in [3.63, 3.8) is 0 Å². The zero-order chi connectivity index (χ0) is 34.4. The van der Waals surface area contributed by atoms with Gasteiger partial charge in [0.2, 0.25) is 9.84 Å². The Morgan fingerprint density at radius 2 is 1.00 bits per heavy atom. The van der Waals surface area contributed by atoms with Crippen molar-refractivity contribution in [2.45, 2.75) is 48.3 Å². The standard InChI is InChI=1S/C42H40N2O4S/c1-29(33-5-3-7-35(43)27-33)25-31-9-13-37(14-10-31)47-39-17-21-41(22-18-39)49(45,46)42-23-19-40(20-24-42)48-38-15-11-32(12-16-38)26-30(2)34-6-4-8-36(44)28-34/h3-9,11,13-30H,10,12,43-44H2,1-2H3. The van der Waals surface area contributed by atoms with Gasteiger partial charge in [0.15, 0.2) is 0 Å². The van der Waals surface area contributed by atoms with Crippen LogP contribution in [0.3, 0.4) is 0 Å². The average molecular weight is 669 g/mol. The van der Waals surface area contributed by atoms with Crippen LogP contribution in [0.15, 0.2) is 178 Å². The predicted molar refractivity (Wildman–Crippen MR) is 198 cm³/mol. The number of allylic oxidation sites excluding steroid dienone is 10. The summed E-state index contributed by atoms with van der Waals surface area (Å²) in [6.45, 7) is 4.30. The van der Waals surface area contributed by atoms with Crippen LogP contribution in [-0.4, -0.2) is 8.42 Å². The lowest BCUT2D eigenvalue weighted by atomic mass is 9.95. The van der Waals surface area contributed by atoms with E-state index in [1.807, 2.05) is 72.9 Å². The van der Waals surface area contributed by atoms with Crippen molar-refractivity contribution in [2.75, 3.05) is 11.5 Å². The molecule has 2 unspecified atom stereocenters. The molecule has 0 fully saturated rings. The van der Waals surface area contributed by atoms with E-state index in [0.29, 0.717) is 23.0 Å². The first-order valence-corrected chi connectivity index (χ1v) is 17.8. The van der Waals surface area contributed by atoms with Gasteiger partial charge in [0.05, 0.1) is 9.79 Å². The topological polar surface area (TPSA) is 105 Å². The lowest BCUT2D eigenvalue weighted by Crippen LogP contribution is -2.03. The lowest BCUT2D eigenvalue weighted by molar-refractivity contribution is 0.440. The fraction of sp³-hybridized carbons (Fsp3) is 0.143. The van der Waals surface area contributed by atoms with Crippen LogP contribution in [0, 0.1) is 0 Å². The molecule has 248 valence electrons. The van der Waals surface area contributed by atoms with E-state index in [0.717, 1.165) is 24.2 Å². The molecule has 6 rings (SSSR count). The number of hydrogen-bond donors (Lipinski definition) is 2. The van der Waals surface area contributed by atoms with E-state index in [1.165, 1.54) is 22.3 Å². The maximum Gasteiger partial charge on any atom is 0.206 e. The molecule has 0 spiro atoms. The molecule has 0 bridgehead atoms. The molecule has 2 aliphatic carbocycles. The van der Waals surface area contributed by atoms with Crippen molar-refractivity contribution < 1.29 is 17.9 Å². The number of sulfone groups is 1. The minimum Gasteiger partial charge on any atom is -0.458 e. The monoisotopic (exact) mass is 668 g/mol. The quantitative estimate of drug-likeness (QED) is 0.163. The van der Waals surface area contributed by atoms with Gasteiger partial charge in [-0.25, -0.2) is 8.42 Å². The summed E-state index contributed by atoms with van der Waals surface area (Å²) < 4.78 is 38.8. The molecule has 49 heavy (non-hydrogen) atoms. The van der Waals surface area contributed by atoms with Crippen LogP contribution in [0.2, 0.25) is 0 Å². The van der Waals surface area contributed by atoms with E-state index in [-0.39, 0.29) is 21.6 Å². The summed E-state index contributed by atoms with van der Waals surface area (Å²) in [5, 5.41) is 0. The summed E-state index contributed by atoms with van der Waals surface area (Å²) in [5.41, 5.74) is 18.1. The smallest absolute Gasteiger partial charge is 0.206 e. The summed E-state index contributed by atoms with van der Waals surface area (Å²) in [6, 6.07) is 28.8. The van der Waals surface area contributed by atoms with Gasteiger partial charge < -0.3 is 20.9 Å². The van der Waals surface area contributed by atoms with Gasteiger partial charge in [-0.15, -0.1) is 0 Å². The molecule has 7 heteroatoms. The third-order valence-corrected chi connectivity index (χ3v) is 10.3. The molecule has 0 aromatic heterocycles. The average Bonchev–Trinajstić information content (AvgIpc) is 3.10. The van der Waals surface area contributed by atoms with Crippen LogP contribution in [0.4, 0.5) is 11.4 Å². The number of rotatable bonds is 10. The largest absolute Gasteiger partial charge is 0.458 e. The molecule has 0 aliphatic heterocycles. The summed E-state index contributed by atoms with van der Waals surface area (Å²) in [5.74, 6) is 3.01. The Bertz CT molecular complexity index is 1970. The van der Waals surface area contributed by atoms with Gasteiger partial charge in [0.25, 0.3) is 0 Å². The summed E-state index contributed by atoms with van der Waals surface area (Å²) in [6.07, 6.45) is 17.9. The van der Waals surface area contributed by atoms with E-state index in [9.17, 15) is 8.42 Å². The van der Waals surface area contributed by atoms with Crippen LogP contribution >= 0.6 is 0 Å². The van der Waals surface area contributed by atoms with Crippen molar-refractivity contribution in [1.29, 1.82) is 0 Å². The molecule has 0 saturated heterocycles. The van der Waals surface area contributed by atoms with Gasteiger partial charge in [-0.2, -0.15) is 0 Å². The number of nitrogens with two attached hydrogens (primary N) is 2. The minimum atomic E-state index is -3.73. The van der Waals surface area contributed by atoms with Gasteiger partial charge in [-0.05, 0) is 144 Å². The number of hydrogen-bond acceptors (Lipinski definition) is 6. The normalized spacial score (nSPS) is 17.3. The minimum absolute atomic E-state index is 0.187. The summed E-state index contributed by atoms with van der Waals surface area (Å²) in [7, 11) is -3.73. The fourth-order valence-corrected chi connectivity index (χ4v) is 7.05. The summed E-state index contributed by atoms with van der Waals surface area (Å²) in [4.78, 5) is 0.374. The number of anilines is 2. The Hall–Kier alpha value is -5.53. The molecule has 2 atom stereocenters. The molecule has 0 saturated carbocycles. The van der Waals surface area contributed by atoms with Gasteiger partial charge >= 0.3 is 0 Å². The van der Waals surface area contributed by atoms with Crippen LogP contribution in [-0.2, 0) is 9.84 Å². The SMILES string of the molecule is CC(C=C1C=CC(Oc2ccc(S(=O)(=O)c3ccc(OC4=CCC(=CC(C)c5cccc(N)c5)C=C4)cc3)cc2)=CC1)c1cccc(N)c1. The van der Waals surface area contributed by atoms with Crippen molar-refractivity contribution in [2.24, 2.45) is 0 Å². The highest BCUT2D eigenvalue weighted by atomic mass is 32.2. The Labute approximate surface area is 289 Å². The van der Waals surface area contributed by atoms with Crippen molar-refractivity contribution in [3.8, 4) is 11.5 Å². The van der Waals surface area contributed by atoms with Crippen LogP contribution in [0.1, 0.15) is 49.7 Å². The van der Waals surface area contributed by atoms with Crippen molar-refractivity contribution in [1.82, 2.24) is 0 Å². The maximum atomic E-state index is 13.4. The zero-order valence-electron chi connectivity index (χ0n) is 27.6. The number of ether oxygens (including phenoxy) is 2. The maximum absolute atomic E-state index is 13.4. The lowest BCUT2D eigenvalue weighted by Gasteiger charge is -2.14. The molecule has 2 aliphatic rings. The molecule has 4 N–H and O–H groups in total.